The molecule has 0 aromatic carbocycles. The van der Waals surface area contributed by atoms with Crippen LogP contribution in [0.4, 0.5) is 0 Å². The fourth-order valence-corrected chi connectivity index (χ4v) is 3.55. The third kappa shape index (κ3) is 2.48. The van der Waals surface area contributed by atoms with Gasteiger partial charge in [-0.1, -0.05) is 12.8 Å². The Bertz CT molecular complexity index is 853. The Balaban J connectivity index is 1.70. The zero-order valence-corrected chi connectivity index (χ0v) is 12.7. The molecule has 0 amide bonds. The summed E-state index contributed by atoms with van der Waals surface area (Å²) in [5.41, 5.74) is 1.51. The molecular formula is C17H17N5O. The van der Waals surface area contributed by atoms with E-state index in [-0.39, 0.29) is 5.92 Å². The van der Waals surface area contributed by atoms with E-state index in [9.17, 15) is 0 Å². The van der Waals surface area contributed by atoms with Crippen LogP contribution in [0.2, 0.25) is 0 Å². The van der Waals surface area contributed by atoms with Crippen LogP contribution in [-0.2, 0) is 0 Å². The molecule has 6 heteroatoms. The molecule has 1 atom stereocenters. The maximum atomic E-state index is 9.15. The van der Waals surface area contributed by atoms with Crippen molar-refractivity contribution in [1.82, 2.24) is 19.9 Å². The third-order valence-electron chi connectivity index (χ3n) is 4.71. The largest absolute Gasteiger partial charge is 0.439 e. The molecule has 1 saturated carbocycles. The zero-order valence-electron chi connectivity index (χ0n) is 12.7. The molecule has 0 unspecified atom stereocenters. The molecule has 4 rings (SSSR count). The van der Waals surface area contributed by atoms with Crippen LogP contribution >= 0.6 is 0 Å². The summed E-state index contributed by atoms with van der Waals surface area (Å²) in [7, 11) is 0. The summed E-state index contributed by atoms with van der Waals surface area (Å²) >= 11 is 0. The van der Waals surface area contributed by atoms with Gasteiger partial charge in [-0.2, -0.15) is 5.26 Å². The molecule has 1 aliphatic rings. The molecule has 3 aromatic rings. The van der Waals surface area contributed by atoms with E-state index < -0.39 is 0 Å². The van der Waals surface area contributed by atoms with Gasteiger partial charge >= 0.3 is 0 Å². The van der Waals surface area contributed by atoms with Crippen molar-refractivity contribution in [3.05, 3.63) is 30.7 Å². The molecule has 0 spiro atoms. The van der Waals surface area contributed by atoms with E-state index >= 15 is 0 Å². The molecule has 23 heavy (non-hydrogen) atoms. The number of nitrogens with one attached hydrogen (secondary N) is 1. The molecule has 3 aromatic heterocycles. The van der Waals surface area contributed by atoms with Crippen LogP contribution in [0.15, 0.2) is 29.2 Å². The molecular weight excluding hydrogens is 290 g/mol. The smallest absolute Gasteiger partial charge is 0.199 e. The molecule has 6 nitrogen and oxygen atoms in total. The lowest BCUT2D eigenvalue weighted by molar-refractivity contribution is 0.357. The quantitative estimate of drug-likeness (QED) is 0.791. The van der Waals surface area contributed by atoms with E-state index in [1.54, 1.807) is 6.20 Å². The first-order chi connectivity index (χ1) is 11.4. The Hall–Kier alpha value is -2.68. The second kappa shape index (κ2) is 5.84. The van der Waals surface area contributed by atoms with Gasteiger partial charge in [0.25, 0.3) is 0 Å². The first-order valence-corrected chi connectivity index (χ1v) is 7.98. The normalized spacial score (nSPS) is 16.7. The van der Waals surface area contributed by atoms with Gasteiger partial charge < -0.3 is 9.40 Å². The minimum absolute atomic E-state index is 0.0832. The predicted molar refractivity (Wildman–Crippen MR) is 84.3 cm³/mol. The molecule has 1 fully saturated rings. The summed E-state index contributed by atoms with van der Waals surface area (Å²) in [6.07, 6.45) is 10.3. The minimum Gasteiger partial charge on any atom is -0.439 e. The zero-order chi connectivity index (χ0) is 15.6. The molecule has 0 aliphatic heterocycles. The van der Waals surface area contributed by atoms with Crippen LogP contribution < -0.4 is 0 Å². The predicted octanol–water partition coefficient (Wildman–Crippen LogP) is 3.80. The minimum atomic E-state index is 0.0832. The van der Waals surface area contributed by atoms with Crippen molar-refractivity contribution in [2.45, 2.75) is 38.0 Å². The summed E-state index contributed by atoms with van der Waals surface area (Å²) in [4.78, 5) is 16.1. The Morgan fingerprint density at radius 3 is 3.00 bits per heavy atom. The Labute approximate surface area is 133 Å². The van der Waals surface area contributed by atoms with Crippen LogP contribution in [0.3, 0.4) is 0 Å². The number of rotatable bonds is 4. The van der Waals surface area contributed by atoms with Gasteiger partial charge in [-0.15, -0.1) is 0 Å². The number of aromatic nitrogens is 4. The summed E-state index contributed by atoms with van der Waals surface area (Å²) < 4.78 is 6.01. The highest BCUT2D eigenvalue weighted by atomic mass is 16.4. The van der Waals surface area contributed by atoms with Crippen molar-refractivity contribution < 1.29 is 4.42 Å². The van der Waals surface area contributed by atoms with Crippen LogP contribution in [0, 0.1) is 17.2 Å². The number of nitriles is 1. The highest BCUT2D eigenvalue weighted by Crippen LogP contribution is 2.39. The average Bonchev–Trinajstić information content (AvgIpc) is 3.32. The molecule has 1 N–H and O–H groups in total. The van der Waals surface area contributed by atoms with E-state index in [2.05, 4.69) is 26.0 Å². The molecule has 0 bridgehead atoms. The lowest BCUT2D eigenvalue weighted by Gasteiger charge is -2.17. The van der Waals surface area contributed by atoms with Crippen LogP contribution in [0.1, 0.15) is 43.9 Å². The maximum Gasteiger partial charge on any atom is 0.199 e. The van der Waals surface area contributed by atoms with E-state index in [1.807, 2.05) is 12.3 Å². The first kappa shape index (κ1) is 13.9. The summed E-state index contributed by atoms with van der Waals surface area (Å²) in [6, 6.07) is 4.21. The number of H-pyrrole nitrogens is 1. The van der Waals surface area contributed by atoms with E-state index in [0.29, 0.717) is 24.0 Å². The van der Waals surface area contributed by atoms with Crippen molar-refractivity contribution in [3.8, 4) is 17.5 Å². The van der Waals surface area contributed by atoms with E-state index in [1.165, 1.54) is 19.2 Å². The standard InChI is InChI=1S/C17H17N5O/c18-7-5-12(11-3-1-2-4-11)17-20-9-14(23-17)15-13-6-8-19-16(13)22-10-21-15/h6,8-12H,1-5H2,(H,19,21,22)/t12-/m1/s1. The average molecular weight is 307 g/mol. The summed E-state index contributed by atoms with van der Waals surface area (Å²) in [5, 5.41) is 10.1. The van der Waals surface area contributed by atoms with Gasteiger partial charge in [0.2, 0.25) is 0 Å². The second-order valence-electron chi connectivity index (χ2n) is 6.04. The molecule has 0 radical (unpaired) electrons. The lowest BCUT2D eigenvalue weighted by Crippen LogP contribution is -2.09. The number of hydrogen-bond acceptors (Lipinski definition) is 5. The SMILES string of the molecule is N#CC[C@@H](c1ncc(-c2ncnc3[nH]ccc23)o1)C1CCCC1. The van der Waals surface area contributed by atoms with Gasteiger partial charge in [-0.05, 0) is 24.8 Å². The van der Waals surface area contributed by atoms with Crippen molar-refractivity contribution >= 4 is 11.0 Å². The Kier molecular flexibility index (Phi) is 3.54. The first-order valence-electron chi connectivity index (χ1n) is 7.98. The van der Waals surface area contributed by atoms with Crippen molar-refractivity contribution in [2.75, 3.05) is 0 Å². The topological polar surface area (TPSA) is 91.4 Å². The van der Waals surface area contributed by atoms with Crippen LogP contribution in [0.5, 0.6) is 0 Å². The molecule has 0 saturated heterocycles. The van der Waals surface area contributed by atoms with Crippen molar-refractivity contribution in [2.24, 2.45) is 5.92 Å². The van der Waals surface area contributed by atoms with Crippen molar-refractivity contribution in [1.29, 1.82) is 5.26 Å². The van der Waals surface area contributed by atoms with Crippen molar-refractivity contribution in [3.63, 3.8) is 0 Å². The van der Waals surface area contributed by atoms with Gasteiger partial charge in [-0.3, -0.25) is 0 Å². The number of fused-ring (bicyclic) bond motifs is 1. The fourth-order valence-electron chi connectivity index (χ4n) is 3.55. The fraction of sp³-hybridized carbons (Fsp3) is 0.412. The summed E-state index contributed by atoms with van der Waals surface area (Å²) in [5.74, 6) is 1.88. The Morgan fingerprint density at radius 1 is 1.30 bits per heavy atom. The van der Waals surface area contributed by atoms with Gasteiger partial charge in [0.15, 0.2) is 11.7 Å². The van der Waals surface area contributed by atoms with Gasteiger partial charge in [-0.25, -0.2) is 15.0 Å². The van der Waals surface area contributed by atoms with E-state index in [4.69, 9.17) is 9.68 Å². The lowest BCUT2D eigenvalue weighted by atomic mass is 9.88. The van der Waals surface area contributed by atoms with Crippen LogP contribution in [0.25, 0.3) is 22.5 Å². The number of oxazole rings is 1. The number of nitrogens with zero attached hydrogens (tertiary/aromatic N) is 4. The number of hydrogen-bond donors (Lipinski definition) is 1. The van der Waals surface area contributed by atoms with E-state index in [0.717, 1.165) is 29.6 Å². The monoisotopic (exact) mass is 307 g/mol. The Morgan fingerprint density at radius 2 is 2.17 bits per heavy atom. The maximum absolute atomic E-state index is 9.15. The second-order valence-corrected chi connectivity index (χ2v) is 6.04. The molecule has 116 valence electrons. The van der Waals surface area contributed by atoms with Gasteiger partial charge in [0.1, 0.15) is 17.7 Å². The third-order valence-corrected chi connectivity index (χ3v) is 4.71. The molecule has 1 aliphatic carbocycles. The van der Waals surface area contributed by atoms with Gasteiger partial charge in [0.05, 0.1) is 18.2 Å². The summed E-state index contributed by atoms with van der Waals surface area (Å²) in [6.45, 7) is 0. The van der Waals surface area contributed by atoms with Gasteiger partial charge in [0, 0.05) is 18.0 Å². The molecule has 3 heterocycles. The highest BCUT2D eigenvalue weighted by molar-refractivity contribution is 5.88. The number of aromatic amines is 1. The highest BCUT2D eigenvalue weighted by Gasteiger charge is 2.30. The van der Waals surface area contributed by atoms with Crippen LogP contribution in [-0.4, -0.2) is 19.9 Å².